The Hall–Kier alpha value is -1.54. The number of hydrogen-bond donors (Lipinski definition) is 1. The molecule has 0 aliphatic carbocycles. The maximum Gasteiger partial charge on any atom is 0.244 e. The van der Waals surface area contributed by atoms with E-state index < -0.39 is 28.2 Å². The summed E-state index contributed by atoms with van der Waals surface area (Å²) in [5.41, 5.74) is 1.05. The number of benzene rings is 1. The van der Waals surface area contributed by atoms with Crippen LogP contribution in [0.25, 0.3) is 0 Å². The summed E-state index contributed by atoms with van der Waals surface area (Å²) in [6, 6.07) is 9.01. The average Bonchev–Trinajstić information content (AvgIpc) is 3.11. The molecule has 0 spiro atoms. The first kappa shape index (κ1) is 19.2. The molecular formula is C18H24F2N2O3S. The molecule has 26 heavy (non-hydrogen) atoms. The normalized spacial score (nSPS) is 28.5. The third-order valence-electron chi connectivity index (χ3n) is 5.16. The van der Waals surface area contributed by atoms with Gasteiger partial charge in [-0.3, -0.25) is 9.69 Å². The number of halogens is 2. The maximum atomic E-state index is 13.4. The molecule has 8 heteroatoms. The first-order valence-corrected chi connectivity index (χ1v) is 10.7. The molecule has 3 atom stereocenters. The number of hydrogen-bond acceptors (Lipinski definition) is 4. The van der Waals surface area contributed by atoms with E-state index in [-0.39, 0.29) is 36.3 Å². The van der Waals surface area contributed by atoms with Gasteiger partial charge in [-0.2, -0.15) is 0 Å². The minimum Gasteiger partial charge on any atom is -0.352 e. The molecule has 5 nitrogen and oxygen atoms in total. The van der Waals surface area contributed by atoms with Gasteiger partial charge in [0, 0.05) is 26.1 Å². The fourth-order valence-corrected chi connectivity index (χ4v) is 5.71. The SMILES string of the molecule is O=C(CC1CCS(=O)(=O)C1)N[C@@H]1CN(Cc2ccccc2)C[C@H]1C(F)F. The molecule has 0 bridgehead atoms. The minimum atomic E-state index is -3.04. The molecule has 0 saturated carbocycles. The molecule has 0 aromatic heterocycles. The van der Waals surface area contributed by atoms with Crippen LogP contribution in [-0.2, 0) is 21.2 Å². The van der Waals surface area contributed by atoms with Gasteiger partial charge in [0.2, 0.25) is 12.3 Å². The van der Waals surface area contributed by atoms with Crippen molar-refractivity contribution in [2.75, 3.05) is 24.6 Å². The van der Waals surface area contributed by atoms with Crippen molar-refractivity contribution in [3.8, 4) is 0 Å². The molecule has 1 amide bonds. The van der Waals surface area contributed by atoms with Gasteiger partial charge in [0.1, 0.15) is 0 Å². The van der Waals surface area contributed by atoms with E-state index in [4.69, 9.17) is 0 Å². The molecule has 1 aromatic carbocycles. The van der Waals surface area contributed by atoms with Crippen LogP contribution < -0.4 is 5.32 Å². The molecule has 144 valence electrons. The molecule has 0 radical (unpaired) electrons. The summed E-state index contributed by atoms with van der Waals surface area (Å²) in [4.78, 5) is 14.2. The van der Waals surface area contributed by atoms with Crippen molar-refractivity contribution in [1.82, 2.24) is 10.2 Å². The van der Waals surface area contributed by atoms with Gasteiger partial charge in [-0.05, 0) is 17.9 Å². The number of likely N-dealkylation sites (tertiary alicyclic amines) is 1. The van der Waals surface area contributed by atoms with E-state index >= 15 is 0 Å². The zero-order valence-corrected chi connectivity index (χ0v) is 15.3. The fraction of sp³-hybridized carbons (Fsp3) is 0.611. The standard InChI is InChI=1S/C18H24F2N2O3S/c19-18(20)15-10-22(9-13-4-2-1-3-5-13)11-16(15)21-17(23)8-14-6-7-26(24,25)12-14/h1-5,14-16,18H,6-12H2,(H,21,23)/t14?,15-,16-/m1/s1. The number of carbonyl (C=O) groups excluding carboxylic acids is 1. The number of carbonyl (C=O) groups is 1. The molecule has 2 saturated heterocycles. The highest BCUT2D eigenvalue weighted by molar-refractivity contribution is 7.91. The summed E-state index contributed by atoms with van der Waals surface area (Å²) in [7, 11) is -3.04. The summed E-state index contributed by atoms with van der Waals surface area (Å²) in [5.74, 6) is -1.31. The van der Waals surface area contributed by atoms with Crippen LogP contribution in [0.5, 0.6) is 0 Å². The van der Waals surface area contributed by atoms with E-state index in [2.05, 4.69) is 5.32 Å². The molecule has 2 heterocycles. The molecule has 2 aliphatic heterocycles. The average molecular weight is 386 g/mol. The van der Waals surface area contributed by atoms with E-state index in [0.717, 1.165) is 5.56 Å². The number of nitrogens with one attached hydrogen (secondary N) is 1. The van der Waals surface area contributed by atoms with Crippen LogP contribution in [0.15, 0.2) is 30.3 Å². The van der Waals surface area contributed by atoms with Crippen molar-refractivity contribution in [3.63, 3.8) is 0 Å². The highest BCUT2D eigenvalue weighted by Crippen LogP contribution is 2.26. The molecular weight excluding hydrogens is 362 g/mol. The second-order valence-electron chi connectivity index (χ2n) is 7.33. The van der Waals surface area contributed by atoms with Crippen LogP contribution in [-0.4, -0.2) is 56.3 Å². The Morgan fingerprint density at radius 1 is 1.23 bits per heavy atom. The summed E-state index contributed by atoms with van der Waals surface area (Å²) >= 11 is 0. The topological polar surface area (TPSA) is 66.5 Å². The van der Waals surface area contributed by atoms with E-state index in [1.165, 1.54) is 0 Å². The van der Waals surface area contributed by atoms with E-state index in [1.807, 2.05) is 35.2 Å². The maximum absolute atomic E-state index is 13.4. The van der Waals surface area contributed by atoms with Gasteiger partial charge in [-0.25, -0.2) is 17.2 Å². The van der Waals surface area contributed by atoms with Crippen LogP contribution in [0, 0.1) is 11.8 Å². The molecule has 2 aliphatic rings. The van der Waals surface area contributed by atoms with Crippen LogP contribution in [0.1, 0.15) is 18.4 Å². The van der Waals surface area contributed by atoms with Crippen molar-refractivity contribution < 1.29 is 22.0 Å². The van der Waals surface area contributed by atoms with Gasteiger partial charge in [0.25, 0.3) is 0 Å². The number of alkyl halides is 2. The van der Waals surface area contributed by atoms with Gasteiger partial charge < -0.3 is 5.32 Å². The Bertz CT molecular complexity index is 727. The first-order valence-electron chi connectivity index (χ1n) is 8.86. The number of sulfone groups is 1. The van der Waals surface area contributed by atoms with Crippen molar-refractivity contribution in [2.24, 2.45) is 11.8 Å². The highest BCUT2D eigenvalue weighted by atomic mass is 32.2. The predicted molar refractivity (Wildman–Crippen MR) is 94.5 cm³/mol. The Balaban J connectivity index is 1.56. The summed E-state index contributed by atoms with van der Waals surface area (Å²) in [5, 5.41) is 2.72. The lowest BCUT2D eigenvalue weighted by Crippen LogP contribution is -2.43. The Morgan fingerprint density at radius 2 is 1.96 bits per heavy atom. The van der Waals surface area contributed by atoms with Crippen LogP contribution in [0.4, 0.5) is 8.78 Å². The molecule has 1 N–H and O–H groups in total. The van der Waals surface area contributed by atoms with Crippen molar-refractivity contribution in [3.05, 3.63) is 35.9 Å². The second kappa shape index (κ2) is 8.00. The number of rotatable bonds is 6. The fourth-order valence-electron chi connectivity index (χ4n) is 3.85. The molecule has 3 rings (SSSR count). The second-order valence-corrected chi connectivity index (χ2v) is 9.55. The lowest BCUT2D eigenvalue weighted by molar-refractivity contribution is -0.123. The quantitative estimate of drug-likeness (QED) is 0.808. The van der Waals surface area contributed by atoms with Crippen molar-refractivity contribution >= 4 is 15.7 Å². The molecule has 1 unspecified atom stereocenters. The largest absolute Gasteiger partial charge is 0.352 e. The van der Waals surface area contributed by atoms with Crippen molar-refractivity contribution in [2.45, 2.75) is 31.9 Å². The predicted octanol–water partition coefficient (Wildman–Crippen LogP) is 1.69. The third kappa shape index (κ3) is 5.01. The molecule has 1 aromatic rings. The van der Waals surface area contributed by atoms with Crippen LogP contribution in [0.2, 0.25) is 0 Å². The summed E-state index contributed by atoms with van der Waals surface area (Å²) < 4.78 is 49.8. The smallest absolute Gasteiger partial charge is 0.244 e. The van der Waals surface area contributed by atoms with Gasteiger partial charge in [-0.15, -0.1) is 0 Å². The van der Waals surface area contributed by atoms with Gasteiger partial charge >= 0.3 is 0 Å². The van der Waals surface area contributed by atoms with E-state index in [1.54, 1.807) is 0 Å². The van der Waals surface area contributed by atoms with E-state index in [0.29, 0.717) is 19.5 Å². The number of nitrogens with zero attached hydrogens (tertiary/aromatic N) is 1. The Kier molecular flexibility index (Phi) is 5.92. The zero-order valence-electron chi connectivity index (χ0n) is 14.5. The monoisotopic (exact) mass is 386 g/mol. The Morgan fingerprint density at radius 3 is 2.58 bits per heavy atom. The zero-order chi connectivity index (χ0) is 18.7. The van der Waals surface area contributed by atoms with Gasteiger partial charge in [-0.1, -0.05) is 30.3 Å². The third-order valence-corrected chi connectivity index (χ3v) is 7.00. The van der Waals surface area contributed by atoms with E-state index in [9.17, 15) is 22.0 Å². The summed E-state index contributed by atoms with van der Waals surface area (Å²) in [6.45, 7) is 1.17. The highest BCUT2D eigenvalue weighted by Gasteiger charge is 2.40. The molecule has 2 fully saturated rings. The number of amides is 1. The first-order chi connectivity index (χ1) is 12.3. The summed E-state index contributed by atoms with van der Waals surface area (Å²) in [6.07, 6.45) is -1.95. The van der Waals surface area contributed by atoms with Crippen LogP contribution in [0.3, 0.4) is 0 Å². The van der Waals surface area contributed by atoms with Crippen molar-refractivity contribution in [1.29, 1.82) is 0 Å². The lowest BCUT2D eigenvalue weighted by Gasteiger charge is -2.20. The minimum absolute atomic E-state index is 0.0174. The van der Waals surface area contributed by atoms with Gasteiger partial charge in [0.05, 0.1) is 23.5 Å². The van der Waals surface area contributed by atoms with Gasteiger partial charge in [0.15, 0.2) is 9.84 Å². The lowest BCUT2D eigenvalue weighted by atomic mass is 10.0. The van der Waals surface area contributed by atoms with Crippen LogP contribution >= 0.6 is 0 Å². The Labute approximate surface area is 152 Å².